The third-order valence-electron chi connectivity index (χ3n) is 3.56. The molecule has 1 heterocycles. The summed E-state index contributed by atoms with van der Waals surface area (Å²) in [6.07, 6.45) is 4.80. The summed E-state index contributed by atoms with van der Waals surface area (Å²) in [6.45, 7) is 0. The number of carbonyl (C=O) groups excluding carboxylic acids is 1. The van der Waals surface area contributed by atoms with Crippen LogP contribution in [0.25, 0.3) is 0 Å². The number of esters is 1. The van der Waals surface area contributed by atoms with Gasteiger partial charge in [-0.3, -0.25) is 0 Å². The number of ether oxygens (including phenoxy) is 2. The topological polar surface area (TPSA) is 74.4 Å². The maximum atomic E-state index is 11.8. The number of benzene rings is 1. The highest BCUT2D eigenvalue weighted by Gasteiger charge is 2.17. The van der Waals surface area contributed by atoms with Crippen LogP contribution in [0.3, 0.4) is 0 Å². The molecule has 5 heteroatoms. The number of pyridine rings is 1. The molecule has 21 heavy (non-hydrogen) atoms. The van der Waals surface area contributed by atoms with Crippen LogP contribution in [0.15, 0.2) is 30.5 Å². The number of hydrogen-bond acceptors (Lipinski definition) is 5. The van der Waals surface area contributed by atoms with Crippen molar-refractivity contribution in [2.75, 3.05) is 12.8 Å². The van der Waals surface area contributed by atoms with E-state index in [1.807, 2.05) is 12.1 Å². The summed E-state index contributed by atoms with van der Waals surface area (Å²) in [5.41, 5.74) is 8.92. The molecule has 0 spiro atoms. The molecule has 0 radical (unpaired) electrons. The summed E-state index contributed by atoms with van der Waals surface area (Å²) in [7, 11) is 1.31. The van der Waals surface area contributed by atoms with Crippen molar-refractivity contribution < 1.29 is 14.3 Å². The molecule has 1 aliphatic rings. The van der Waals surface area contributed by atoms with Gasteiger partial charge in [0.2, 0.25) is 5.88 Å². The van der Waals surface area contributed by atoms with Crippen molar-refractivity contribution in [1.82, 2.24) is 4.98 Å². The van der Waals surface area contributed by atoms with Crippen molar-refractivity contribution in [3.63, 3.8) is 0 Å². The van der Waals surface area contributed by atoms with Gasteiger partial charge in [0.25, 0.3) is 0 Å². The van der Waals surface area contributed by atoms with E-state index in [-0.39, 0.29) is 11.4 Å². The van der Waals surface area contributed by atoms with E-state index in [0.717, 1.165) is 12.8 Å². The molecule has 1 aromatic carbocycles. The molecule has 0 saturated heterocycles. The summed E-state index contributed by atoms with van der Waals surface area (Å²) in [4.78, 5) is 15.9. The van der Waals surface area contributed by atoms with E-state index >= 15 is 0 Å². The Morgan fingerprint density at radius 1 is 1.24 bits per heavy atom. The monoisotopic (exact) mass is 284 g/mol. The van der Waals surface area contributed by atoms with E-state index in [4.69, 9.17) is 15.2 Å². The second kappa shape index (κ2) is 5.44. The molecule has 0 amide bonds. The van der Waals surface area contributed by atoms with Gasteiger partial charge in [-0.15, -0.1) is 0 Å². The van der Waals surface area contributed by atoms with Gasteiger partial charge in [-0.2, -0.15) is 0 Å². The van der Waals surface area contributed by atoms with Gasteiger partial charge in [0.15, 0.2) is 0 Å². The SMILES string of the molecule is COC(=O)c1cc(N)cnc1Oc1ccc2c(c1)CCC2. The van der Waals surface area contributed by atoms with Crippen molar-refractivity contribution in [1.29, 1.82) is 0 Å². The quantitative estimate of drug-likeness (QED) is 0.877. The van der Waals surface area contributed by atoms with Crippen LogP contribution >= 0.6 is 0 Å². The molecule has 0 unspecified atom stereocenters. The molecule has 2 N–H and O–H groups in total. The third-order valence-corrected chi connectivity index (χ3v) is 3.56. The van der Waals surface area contributed by atoms with Crippen LogP contribution in [0.4, 0.5) is 5.69 Å². The number of aromatic nitrogens is 1. The fourth-order valence-electron chi connectivity index (χ4n) is 2.53. The molecule has 1 aromatic heterocycles. The lowest BCUT2D eigenvalue weighted by Crippen LogP contribution is -2.06. The summed E-state index contributed by atoms with van der Waals surface area (Å²) < 4.78 is 10.5. The minimum absolute atomic E-state index is 0.203. The molecule has 1 aliphatic carbocycles. The second-order valence-corrected chi connectivity index (χ2v) is 5.00. The van der Waals surface area contributed by atoms with Gasteiger partial charge < -0.3 is 15.2 Å². The predicted molar refractivity (Wildman–Crippen MR) is 78.5 cm³/mol. The van der Waals surface area contributed by atoms with Crippen LogP contribution in [-0.2, 0) is 17.6 Å². The summed E-state index contributed by atoms with van der Waals surface area (Å²) in [5.74, 6) is 0.345. The van der Waals surface area contributed by atoms with Crippen molar-refractivity contribution in [3.8, 4) is 11.6 Å². The normalized spacial score (nSPS) is 12.8. The third kappa shape index (κ3) is 2.67. The number of fused-ring (bicyclic) bond motifs is 1. The van der Waals surface area contributed by atoms with Crippen molar-refractivity contribution >= 4 is 11.7 Å². The van der Waals surface area contributed by atoms with Gasteiger partial charge in [0, 0.05) is 0 Å². The Balaban J connectivity index is 1.92. The lowest BCUT2D eigenvalue weighted by atomic mass is 10.1. The number of anilines is 1. The molecular weight excluding hydrogens is 268 g/mol. The molecule has 5 nitrogen and oxygen atoms in total. The number of nitrogen functional groups attached to an aromatic ring is 1. The highest BCUT2D eigenvalue weighted by Crippen LogP contribution is 2.30. The molecule has 0 aliphatic heterocycles. The van der Waals surface area contributed by atoms with Gasteiger partial charge in [0.05, 0.1) is 19.0 Å². The molecule has 108 valence electrons. The highest BCUT2D eigenvalue weighted by atomic mass is 16.5. The zero-order chi connectivity index (χ0) is 14.8. The summed E-state index contributed by atoms with van der Waals surface area (Å²) in [5, 5.41) is 0. The average molecular weight is 284 g/mol. The number of rotatable bonds is 3. The van der Waals surface area contributed by atoms with E-state index in [1.54, 1.807) is 0 Å². The number of nitrogens with zero attached hydrogens (tertiary/aromatic N) is 1. The number of methoxy groups -OCH3 is 1. The maximum absolute atomic E-state index is 11.8. The Hall–Kier alpha value is -2.56. The first-order valence-electron chi connectivity index (χ1n) is 6.81. The Bertz CT molecular complexity index is 698. The van der Waals surface area contributed by atoms with Crippen molar-refractivity contribution in [2.45, 2.75) is 19.3 Å². The lowest BCUT2D eigenvalue weighted by Gasteiger charge is -2.10. The first kappa shape index (κ1) is 13.4. The molecule has 0 fully saturated rings. The van der Waals surface area contributed by atoms with Gasteiger partial charge in [0.1, 0.15) is 11.3 Å². The summed E-state index contributed by atoms with van der Waals surface area (Å²) >= 11 is 0. The van der Waals surface area contributed by atoms with Crippen molar-refractivity contribution in [3.05, 3.63) is 47.2 Å². The minimum Gasteiger partial charge on any atom is -0.465 e. The Kier molecular flexibility index (Phi) is 3.48. The van der Waals surface area contributed by atoms with Gasteiger partial charge in [-0.05, 0) is 48.6 Å². The smallest absolute Gasteiger partial charge is 0.343 e. The van der Waals surface area contributed by atoms with E-state index in [0.29, 0.717) is 11.4 Å². The standard InChI is InChI=1S/C16H16N2O3/c1-20-16(19)14-8-12(17)9-18-15(14)21-13-6-5-10-3-2-4-11(10)7-13/h5-9H,2-4,17H2,1H3. The van der Waals surface area contributed by atoms with Gasteiger partial charge in [-0.25, -0.2) is 9.78 Å². The van der Waals surface area contributed by atoms with Crippen molar-refractivity contribution in [2.24, 2.45) is 0 Å². The average Bonchev–Trinajstić information content (AvgIpc) is 2.96. The first-order chi connectivity index (χ1) is 10.2. The molecule has 0 saturated carbocycles. The fourth-order valence-corrected chi connectivity index (χ4v) is 2.53. The second-order valence-electron chi connectivity index (χ2n) is 5.00. The predicted octanol–water partition coefficient (Wildman–Crippen LogP) is 2.73. The molecule has 0 bridgehead atoms. The van der Waals surface area contributed by atoms with Crippen LogP contribution in [-0.4, -0.2) is 18.1 Å². The number of hydrogen-bond donors (Lipinski definition) is 1. The van der Waals surface area contributed by atoms with E-state index in [2.05, 4.69) is 11.1 Å². The molecular formula is C16H16N2O3. The Labute approximate surface area is 122 Å². The zero-order valence-electron chi connectivity index (χ0n) is 11.8. The van der Waals surface area contributed by atoms with Gasteiger partial charge in [-0.1, -0.05) is 6.07 Å². The number of carbonyl (C=O) groups is 1. The van der Waals surface area contributed by atoms with Gasteiger partial charge >= 0.3 is 5.97 Å². The number of aryl methyl sites for hydroxylation is 2. The van der Waals surface area contributed by atoms with E-state index in [9.17, 15) is 4.79 Å². The fraction of sp³-hybridized carbons (Fsp3) is 0.250. The Morgan fingerprint density at radius 3 is 2.86 bits per heavy atom. The highest BCUT2D eigenvalue weighted by molar-refractivity contribution is 5.92. The molecule has 2 aromatic rings. The molecule has 3 rings (SSSR count). The maximum Gasteiger partial charge on any atom is 0.343 e. The van der Waals surface area contributed by atoms with Crippen LogP contribution in [0, 0.1) is 0 Å². The minimum atomic E-state index is -0.522. The van der Waals surface area contributed by atoms with E-state index < -0.39 is 5.97 Å². The van der Waals surface area contributed by atoms with Crippen LogP contribution < -0.4 is 10.5 Å². The molecule has 0 atom stereocenters. The van der Waals surface area contributed by atoms with E-state index in [1.165, 1.54) is 36.9 Å². The number of nitrogens with two attached hydrogens (primary N) is 1. The zero-order valence-corrected chi connectivity index (χ0v) is 11.8. The Morgan fingerprint density at radius 2 is 2.05 bits per heavy atom. The first-order valence-corrected chi connectivity index (χ1v) is 6.81. The summed E-state index contributed by atoms with van der Waals surface area (Å²) in [6, 6.07) is 7.46. The van der Waals surface area contributed by atoms with Crippen LogP contribution in [0.1, 0.15) is 27.9 Å². The van der Waals surface area contributed by atoms with Crippen LogP contribution in [0.2, 0.25) is 0 Å². The largest absolute Gasteiger partial charge is 0.465 e. The lowest BCUT2D eigenvalue weighted by molar-refractivity contribution is 0.0597. The van der Waals surface area contributed by atoms with Crippen LogP contribution in [0.5, 0.6) is 11.6 Å².